The molecular formula is C41H30Br2IN3O4. The molecule has 0 radical (unpaired) electrons. The summed E-state index contributed by atoms with van der Waals surface area (Å²) in [5.41, 5.74) is 7.87. The average molecular weight is 915 g/mol. The van der Waals surface area contributed by atoms with Crippen molar-refractivity contribution in [3.63, 3.8) is 0 Å². The van der Waals surface area contributed by atoms with Gasteiger partial charge in [-0.2, -0.15) is 0 Å². The molecular weight excluding hydrogens is 885 g/mol. The molecule has 6 aromatic rings. The van der Waals surface area contributed by atoms with Gasteiger partial charge in [0.15, 0.2) is 0 Å². The van der Waals surface area contributed by atoms with Crippen LogP contribution in [0.2, 0.25) is 0 Å². The summed E-state index contributed by atoms with van der Waals surface area (Å²) in [6, 6.07) is 39.3. The van der Waals surface area contributed by atoms with Crippen molar-refractivity contribution < 1.29 is 9.85 Å². The van der Waals surface area contributed by atoms with Crippen molar-refractivity contribution in [2.45, 2.75) is 17.7 Å². The summed E-state index contributed by atoms with van der Waals surface area (Å²) < 4.78 is 4.19. The molecule has 51 heavy (non-hydrogen) atoms. The minimum absolute atomic E-state index is 0.0976. The van der Waals surface area contributed by atoms with Gasteiger partial charge in [-0.25, -0.2) is 0 Å². The lowest BCUT2D eigenvalue weighted by atomic mass is 9.94. The molecule has 10 heteroatoms. The number of benzene rings is 5. The van der Waals surface area contributed by atoms with E-state index in [4.69, 9.17) is 0 Å². The molecule has 0 aliphatic heterocycles. The molecule has 0 spiro atoms. The first-order valence-corrected chi connectivity index (χ1v) is 18.8. The van der Waals surface area contributed by atoms with Crippen LogP contribution in [0.1, 0.15) is 23.1 Å². The van der Waals surface area contributed by atoms with Gasteiger partial charge in [0, 0.05) is 30.8 Å². The Balaban J connectivity index is 0.000000151. The summed E-state index contributed by atoms with van der Waals surface area (Å²) in [5, 5.41) is 23.6. The highest BCUT2D eigenvalue weighted by Crippen LogP contribution is 2.36. The van der Waals surface area contributed by atoms with Gasteiger partial charge >= 0.3 is 0 Å². The van der Waals surface area contributed by atoms with Crippen molar-refractivity contribution in [2.24, 2.45) is 0 Å². The number of alkyl halides is 1. The number of para-hydroxylation sites is 1. The second-order valence-electron chi connectivity index (χ2n) is 11.7. The summed E-state index contributed by atoms with van der Waals surface area (Å²) in [6.07, 6.45) is 11.4. The Hall–Kier alpha value is -4.65. The molecule has 254 valence electrons. The topological polar surface area (TPSA) is 91.2 Å². The highest BCUT2D eigenvalue weighted by molar-refractivity contribution is 14.1. The quantitative estimate of drug-likeness (QED) is 0.0745. The van der Waals surface area contributed by atoms with Crippen LogP contribution in [0, 0.1) is 23.8 Å². The predicted octanol–water partition coefficient (Wildman–Crippen LogP) is 12.2. The van der Waals surface area contributed by atoms with Gasteiger partial charge in [0.05, 0.1) is 26.5 Å². The molecule has 2 aliphatic carbocycles. The van der Waals surface area contributed by atoms with E-state index >= 15 is 0 Å². The SMILES string of the molecule is Ic1ccccc1.O=[N+]([O-])C1=CCC(Br)C=C1c1ccc2c(c1)CC=C2.O=[N+]([O-])c1ccc(Br)cc1-c1ccc2ccn(-c3ccccc3)c2c1. The second-order valence-corrected chi connectivity index (χ2v) is 15.0. The fraction of sp³-hybridized carbons (Fsp3) is 0.0732. The molecule has 7 nitrogen and oxygen atoms in total. The van der Waals surface area contributed by atoms with Gasteiger partial charge in [-0.1, -0.05) is 117 Å². The normalized spacial score (nSPS) is 14.3. The summed E-state index contributed by atoms with van der Waals surface area (Å²) in [5.74, 6) is 0. The van der Waals surface area contributed by atoms with E-state index in [-0.39, 0.29) is 26.1 Å². The van der Waals surface area contributed by atoms with Crippen molar-refractivity contribution in [3.8, 4) is 16.8 Å². The van der Waals surface area contributed by atoms with Crippen molar-refractivity contribution in [3.05, 3.63) is 196 Å². The van der Waals surface area contributed by atoms with Crippen LogP contribution in [-0.4, -0.2) is 19.2 Å². The molecule has 0 N–H and O–H groups in total. The fourth-order valence-corrected chi connectivity index (χ4v) is 7.16. The number of halogens is 3. The number of fused-ring (bicyclic) bond motifs is 2. The zero-order valence-corrected chi connectivity index (χ0v) is 32.4. The predicted molar refractivity (Wildman–Crippen MR) is 222 cm³/mol. The standard InChI is InChI=1S/C20H13BrN2O2.C15H12BrNO2.C6H5I/c21-16-8-9-19(23(24)25)18(13-16)15-7-6-14-10-11-22(20(14)12-15)17-4-2-1-3-5-17;16-13-6-7-15(17(18)19)14(9-13)12-5-4-10-2-1-3-11(10)8-12;7-6-4-2-1-3-5-6/h1-13H;1-2,4-5,7-9,13H,3,6H2;1-5H. The molecule has 1 heterocycles. The maximum absolute atomic E-state index is 11.4. The number of aromatic nitrogens is 1. The first-order valence-electron chi connectivity index (χ1n) is 16.0. The van der Waals surface area contributed by atoms with Crippen molar-refractivity contribution >= 4 is 82.7 Å². The molecule has 0 bridgehead atoms. The van der Waals surface area contributed by atoms with Crippen LogP contribution in [-0.2, 0) is 6.42 Å². The number of allylic oxidation sites excluding steroid dienone is 4. The Morgan fingerprint density at radius 2 is 1.51 bits per heavy atom. The van der Waals surface area contributed by atoms with Crippen molar-refractivity contribution in [2.75, 3.05) is 0 Å². The van der Waals surface area contributed by atoms with E-state index in [2.05, 4.69) is 89.4 Å². The summed E-state index contributed by atoms with van der Waals surface area (Å²) >= 11 is 9.20. The summed E-state index contributed by atoms with van der Waals surface area (Å²) in [6.45, 7) is 0. The molecule has 8 rings (SSSR count). The third kappa shape index (κ3) is 8.81. The highest BCUT2D eigenvalue weighted by Gasteiger charge is 2.25. The molecule has 0 amide bonds. The largest absolute Gasteiger partial charge is 0.317 e. The fourth-order valence-electron chi connectivity index (χ4n) is 5.93. The number of nitro benzene ring substituents is 1. The van der Waals surface area contributed by atoms with E-state index in [1.165, 1.54) is 20.8 Å². The minimum Gasteiger partial charge on any atom is -0.317 e. The van der Waals surface area contributed by atoms with E-state index < -0.39 is 0 Å². The third-order valence-electron chi connectivity index (χ3n) is 8.37. The molecule has 0 fully saturated rings. The van der Waals surface area contributed by atoms with E-state index in [0.29, 0.717) is 17.6 Å². The summed E-state index contributed by atoms with van der Waals surface area (Å²) in [7, 11) is 0. The first-order chi connectivity index (χ1) is 24.7. The van der Waals surface area contributed by atoms with Crippen molar-refractivity contribution in [1.82, 2.24) is 4.57 Å². The lowest BCUT2D eigenvalue weighted by Crippen LogP contribution is -2.09. The van der Waals surface area contributed by atoms with Crippen LogP contribution in [0.3, 0.4) is 0 Å². The van der Waals surface area contributed by atoms with E-state index in [1.54, 1.807) is 18.2 Å². The van der Waals surface area contributed by atoms with Crippen LogP contribution in [0.5, 0.6) is 0 Å². The molecule has 1 unspecified atom stereocenters. The highest BCUT2D eigenvalue weighted by atomic mass is 127. The Kier molecular flexibility index (Phi) is 11.8. The lowest BCUT2D eigenvalue weighted by Gasteiger charge is -2.14. The van der Waals surface area contributed by atoms with Crippen LogP contribution >= 0.6 is 54.5 Å². The number of hydrogen-bond donors (Lipinski definition) is 0. The smallest absolute Gasteiger partial charge is 0.277 e. The van der Waals surface area contributed by atoms with Crippen molar-refractivity contribution in [1.29, 1.82) is 0 Å². The number of nitrogens with zero attached hydrogens (tertiary/aromatic N) is 3. The Morgan fingerprint density at radius 1 is 0.784 bits per heavy atom. The molecule has 0 saturated carbocycles. The Bertz CT molecular complexity index is 2320. The Labute approximate surface area is 325 Å². The van der Waals surface area contributed by atoms with E-state index in [1.807, 2.05) is 97.2 Å². The lowest BCUT2D eigenvalue weighted by molar-refractivity contribution is -0.417. The van der Waals surface area contributed by atoms with Gasteiger partial charge in [0.2, 0.25) is 0 Å². The van der Waals surface area contributed by atoms with Gasteiger partial charge in [0.1, 0.15) is 0 Å². The maximum atomic E-state index is 11.4. The van der Waals surface area contributed by atoms with E-state index in [9.17, 15) is 20.2 Å². The van der Waals surface area contributed by atoms with Gasteiger partial charge < -0.3 is 4.57 Å². The average Bonchev–Trinajstić information content (AvgIpc) is 3.79. The zero-order chi connectivity index (χ0) is 35.9. The maximum Gasteiger partial charge on any atom is 0.277 e. The number of nitro groups is 2. The van der Waals surface area contributed by atoms with Crippen LogP contribution in [0.15, 0.2) is 156 Å². The van der Waals surface area contributed by atoms with Crippen LogP contribution < -0.4 is 0 Å². The minimum atomic E-state index is -0.345. The molecule has 1 aromatic heterocycles. The van der Waals surface area contributed by atoms with E-state index in [0.717, 1.165) is 38.6 Å². The summed E-state index contributed by atoms with van der Waals surface area (Å²) in [4.78, 5) is 22.1. The first kappa shape index (κ1) is 36.2. The van der Waals surface area contributed by atoms with Gasteiger partial charge in [0.25, 0.3) is 11.4 Å². The monoisotopic (exact) mass is 913 g/mol. The van der Waals surface area contributed by atoms with Crippen LogP contribution in [0.4, 0.5) is 5.69 Å². The van der Waals surface area contributed by atoms with Gasteiger partial charge in [-0.15, -0.1) is 0 Å². The van der Waals surface area contributed by atoms with Gasteiger partial charge in [-0.3, -0.25) is 20.2 Å². The zero-order valence-electron chi connectivity index (χ0n) is 27.0. The third-order valence-corrected chi connectivity index (χ3v) is 10.2. The number of hydrogen-bond acceptors (Lipinski definition) is 4. The molecule has 2 aliphatic rings. The van der Waals surface area contributed by atoms with Gasteiger partial charge in [-0.05, 0) is 118 Å². The second kappa shape index (κ2) is 16.6. The van der Waals surface area contributed by atoms with Crippen LogP contribution in [0.25, 0.3) is 39.4 Å². The molecule has 1 atom stereocenters. The Morgan fingerprint density at radius 3 is 2.20 bits per heavy atom. The molecule has 0 saturated heterocycles. The number of rotatable bonds is 5. The molecule has 5 aromatic carbocycles.